The van der Waals surface area contributed by atoms with Crippen LogP contribution in [0.1, 0.15) is 12.8 Å². The molecular weight excluding hydrogens is 502 g/mol. The molecule has 3 rings (SSSR count). The van der Waals surface area contributed by atoms with Gasteiger partial charge >= 0.3 is 0 Å². The molecule has 1 unspecified atom stereocenters. The second-order valence-corrected chi connectivity index (χ2v) is 10.5. The minimum absolute atomic E-state index is 0.00987. The van der Waals surface area contributed by atoms with E-state index in [1.165, 1.54) is 34.6 Å². The molecule has 1 amide bonds. The van der Waals surface area contributed by atoms with E-state index in [0.29, 0.717) is 18.5 Å². The number of amides is 1. The van der Waals surface area contributed by atoms with E-state index in [0.717, 1.165) is 0 Å². The fourth-order valence-corrected chi connectivity index (χ4v) is 5.90. The average molecular weight is 517 g/mol. The Morgan fingerprint density at radius 1 is 0.966 bits per heavy atom. The Morgan fingerprint density at radius 2 is 1.66 bits per heavy atom. The van der Waals surface area contributed by atoms with Crippen LogP contribution in [0.2, 0.25) is 25.1 Å². The largest absolute Gasteiger partial charge is 0.324 e. The highest BCUT2D eigenvalue weighted by Crippen LogP contribution is 2.34. The Labute approximate surface area is 193 Å². The zero-order valence-corrected chi connectivity index (χ0v) is 19.4. The number of benzene rings is 2. The lowest BCUT2D eigenvalue weighted by Gasteiger charge is -2.31. The maximum absolute atomic E-state index is 13.0. The van der Waals surface area contributed by atoms with Crippen LogP contribution in [0, 0.1) is 5.92 Å². The van der Waals surface area contributed by atoms with Gasteiger partial charge in [0.15, 0.2) is 0 Å². The second-order valence-electron chi connectivity index (χ2n) is 6.51. The quantitative estimate of drug-likeness (QED) is 0.508. The topological polar surface area (TPSA) is 66.5 Å². The van der Waals surface area contributed by atoms with Crippen molar-refractivity contribution in [1.82, 2.24) is 4.31 Å². The van der Waals surface area contributed by atoms with Crippen molar-refractivity contribution in [3.63, 3.8) is 0 Å². The van der Waals surface area contributed by atoms with Crippen LogP contribution in [0.15, 0.2) is 35.2 Å². The Hall–Kier alpha value is -0.730. The maximum atomic E-state index is 13.0. The van der Waals surface area contributed by atoms with E-state index in [1.807, 2.05) is 0 Å². The molecule has 0 saturated carbocycles. The van der Waals surface area contributed by atoms with E-state index in [9.17, 15) is 13.2 Å². The number of hydrogen-bond acceptors (Lipinski definition) is 3. The van der Waals surface area contributed by atoms with Gasteiger partial charge in [0.2, 0.25) is 15.9 Å². The third-order valence-corrected chi connectivity index (χ3v) is 8.15. The lowest BCUT2D eigenvalue weighted by atomic mass is 9.98. The minimum atomic E-state index is -3.90. The molecule has 1 aliphatic heterocycles. The number of carbonyl (C=O) groups excluding carboxylic acids is 1. The molecule has 1 fully saturated rings. The molecule has 0 radical (unpaired) electrons. The van der Waals surface area contributed by atoms with Gasteiger partial charge < -0.3 is 5.32 Å². The number of nitrogens with zero attached hydrogens (tertiary/aromatic N) is 1. The van der Waals surface area contributed by atoms with Gasteiger partial charge in [0.1, 0.15) is 4.90 Å². The van der Waals surface area contributed by atoms with Gasteiger partial charge in [-0.2, -0.15) is 4.31 Å². The summed E-state index contributed by atoms with van der Waals surface area (Å²) >= 11 is 30.0. The minimum Gasteiger partial charge on any atom is -0.324 e. The van der Waals surface area contributed by atoms with E-state index < -0.39 is 15.9 Å². The zero-order chi connectivity index (χ0) is 21.3. The number of carbonyl (C=O) groups is 1. The zero-order valence-electron chi connectivity index (χ0n) is 14.8. The Morgan fingerprint density at radius 3 is 2.38 bits per heavy atom. The van der Waals surface area contributed by atoms with Crippen LogP contribution in [0.4, 0.5) is 5.69 Å². The summed E-state index contributed by atoms with van der Waals surface area (Å²) in [5.74, 6) is -0.926. The number of piperidine rings is 1. The standard InChI is InChI=1S/C18H15Cl5N2O3S/c19-11-3-4-12(20)17(6-11)29(27,28)25-5-1-2-10(9-25)18(26)24-16-8-14(22)13(21)7-15(16)23/h3-4,6-8,10H,1-2,5,9H2,(H,24,26). The van der Waals surface area contributed by atoms with Crippen molar-refractivity contribution in [2.45, 2.75) is 17.7 Å². The highest BCUT2D eigenvalue weighted by molar-refractivity contribution is 7.89. The summed E-state index contributed by atoms with van der Waals surface area (Å²) in [6.07, 6.45) is 1.05. The third kappa shape index (κ3) is 5.13. The first kappa shape index (κ1) is 22.9. The molecule has 2 aromatic carbocycles. The number of anilines is 1. The summed E-state index contributed by atoms with van der Waals surface area (Å²) in [4.78, 5) is 12.6. The summed E-state index contributed by atoms with van der Waals surface area (Å²) < 4.78 is 27.3. The Kier molecular flexibility index (Phi) is 7.27. The van der Waals surface area contributed by atoms with Crippen molar-refractivity contribution >= 4 is 79.6 Å². The monoisotopic (exact) mass is 514 g/mol. The van der Waals surface area contributed by atoms with Crippen LogP contribution >= 0.6 is 58.0 Å². The van der Waals surface area contributed by atoms with Gasteiger partial charge in [0.05, 0.1) is 31.7 Å². The number of sulfonamides is 1. The predicted octanol–water partition coefficient (Wildman–Crippen LogP) is 5.99. The van der Waals surface area contributed by atoms with E-state index in [2.05, 4.69) is 5.32 Å². The van der Waals surface area contributed by atoms with Crippen molar-refractivity contribution in [3.05, 3.63) is 55.4 Å². The average Bonchev–Trinajstić information content (AvgIpc) is 2.68. The molecule has 0 aromatic heterocycles. The Bertz CT molecular complexity index is 1060. The van der Waals surface area contributed by atoms with E-state index >= 15 is 0 Å². The van der Waals surface area contributed by atoms with Crippen molar-refractivity contribution in [1.29, 1.82) is 0 Å². The van der Waals surface area contributed by atoms with Crippen LogP contribution in [0.25, 0.3) is 0 Å². The van der Waals surface area contributed by atoms with Crippen LogP contribution in [-0.2, 0) is 14.8 Å². The molecule has 1 N–H and O–H groups in total. The van der Waals surface area contributed by atoms with Gasteiger partial charge in [-0.1, -0.05) is 58.0 Å². The van der Waals surface area contributed by atoms with E-state index in [1.54, 1.807) is 0 Å². The summed E-state index contributed by atoms with van der Waals surface area (Å²) in [7, 11) is -3.90. The molecule has 5 nitrogen and oxygen atoms in total. The maximum Gasteiger partial charge on any atom is 0.244 e. The summed E-state index contributed by atoms with van der Waals surface area (Å²) in [6.45, 7) is 0.290. The fourth-order valence-electron chi connectivity index (χ4n) is 3.04. The molecule has 2 aromatic rings. The molecule has 29 heavy (non-hydrogen) atoms. The lowest BCUT2D eigenvalue weighted by Crippen LogP contribution is -2.43. The van der Waals surface area contributed by atoms with E-state index in [-0.39, 0.29) is 49.0 Å². The Balaban J connectivity index is 1.79. The van der Waals surface area contributed by atoms with Gasteiger partial charge in [-0.05, 0) is 43.2 Å². The molecule has 0 spiro atoms. The van der Waals surface area contributed by atoms with Crippen LogP contribution in [0.5, 0.6) is 0 Å². The van der Waals surface area contributed by atoms with Crippen molar-refractivity contribution < 1.29 is 13.2 Å². The van der Waals surface area contributed by atoms with Gasteiger partial charge in [-0.3, -0.25) is 4.79 Å². The normalized spacial score (nSPS) is 17.9. The second kappa shape index (κ2) is 9.18. The van der Waals surface area contributed by atoms with Crippen LogP contribution in [0.3, 0.4) is 0 Å². The van der Waals surface area contributed by atoms with Gasteiger partial charge in [0, 0.05) is 18.1 Å². The number of halogens is 5. The summed E-state index contributed by atoms with van der Waals surface area (Å²) in [5, 5.41) is 3.78. The lowest BCUT2D eigenvalue weighted by molar-refractivity contribution is -0.120. The molecular formula is C18H15Cl5N2O3S. The van der Waals surface area contributed by atoms with Crippen molar-refractivity contribution in [2.75, 3.05) is 18.4 Å². The molecule has 1 aliphatic rings. The molecule has 1 saturated heterocycles. The SMILES string of the molecule is O=C(Nc1cc(Cl)c(Cl)cc1Cl)C1CCCN(S(=O)(=O)c2cc(Cl)ccc2Cl)C1. The van der Waals surface area contributed by atoms with Gasteiger partial charge in [-0.25, -0.2) is 8.42 Å². The number of rotatable bonds is 4. The smallest absolute Gasteiger partial charge is 0.244 e. The first-order valence-electron chi connectivity index (χ1n) is 8.50. The van der Waals surface area contributed by atoms with E-state index in [4.69, 9.17) is 58.0 Å². The molecule has 0 bridgehead atoms. The molecule has 1 heterocycles. The molecule has 11 heteroatoms. The molecule has 156 valence electrons. The predicted molar refractivity (Wildman–Crippen MR) is 118 cm³/mol. The van der Waals surface area contributed by atoms with Crippen LogP contribution < -0.4 is 5.32 Å². The number of nitrogens with one attached hydrogen (secondary N) is 1. The highest BCUT2D eigenvalue weighted by Gasteiger charge is 2.34. The first-order chi connectivity index (χ1) is 13.6. The van der Waals surface area contributed by atoms with Gasteiger partial charge in [0.25, 0.3) is 0 Å². The third-order valence-electron chi connectivity index (χ3n) is 4.53. The fraction of sp³-hybridized carbons (Fsp3) is 0.278. The van der Waals surface area contributed by atoms with Crippen LogP contribution in [-0.4, -0.2) is 31.7 Å². The summed E-state index contributed by atoms with van der Waals surface area (Å²) in [5.41, 5.74) is 0.309. The van der Waals surface area contributed by atoms with Crippen molar-refractivity contribution in [3.8, 4) is 0 Å². The molecule has 0 aliphatic carbocycles. The van der Waals surface area contributed by atoms with Crippen molar-refractivity contribution in [2.24, 2.45) is 5.92 Å². The highest BCUT2D eigenvalue weighted by atomic mass is 35.5. The number of hydrogen-bond donors (Lipinski definition) is 1. The molecule has 1 atom stereocenters. The summed E-state index contributed by atoms with van der Waals surface area (Å²) in [6, 6.07) is 7.12. The first-order valence-corrected chi connectivity index (χ1v) is 11.8. The van der Waals surface area contributed by atoms with Gasteiger partial charge in [-0.15, -0.1) is 0 Å².